The topological polar surface area (TPSA) is 42.4 Å². The summed E-state index contributed by atoms with van der Waals surface area (Å²) < 4.78 is 5.76. The molecular weight excluding hydrogens is 276 g/mol. The van der Waals surface area contributed by atoms with Crippen LogP contribution in [0.2, 0.25) is 0 Å². The number of ether oxygens (including phenoxy) is 1. The average Bonchev–Trinajstić information content (AvgIpc) is 2.49. The smallest absolute Gasteiger partial charge is 0.231 e. The van der Waals surface area contributed by atoms with Crippen molar-refractivity contribution >= 4 is 11.6 Å². The van der Waals surface area contributed by atoms with Gasteiger partial charge in [-0.3, -0.25) is 9.78 Å². The van der Waals surface area contributed by atoms with Crippen LogP contribution in [0.4, 0.5) is 5.69 Å². The number of amides is 1. The average molecular weight is 296 g/mol. The van der Waals surface area contributed by atoms with Gasteiger partial charge >= 0.3 is 0 Å². The van der Waals surface area contributed by atoms with E-state index in [4.69, 9.17) is 4.74 Å². The number of aromatic nitrogens is 1. The molecule has 2 heterocycles. The van der Waals surface area contributed by atoms with Crippen molar-refractivity contribution in [3.05, 3.63) is 52.8 Å². The lowest BCUT2D eigenvalue weighted by molar-refractivity contribution is -0.118. The van der Waals surface area contributed by atoms with Crippen LogP contribution in [0, 0.1) is 20.8 Å². The third-order valence-corrected chi connectivity index (χ3v) is 4.04. The van der Waals surface area contributed by atoms with Gasteiger partial charge < -0.3 is 9.64 Å². The number of nitrogens with zero attached hydrogens (tertiary/aromatic N) is 2. The maximum atomic E-state index is 12.7. The summed E-state index contributed by atoms with van der Waals surface area (Å²) in [7, 11) is 0. The Balaban J connectivity index is 1.91. The van der Waals surface area contributed by atoms with Crippen molar-refractivity contribution in [3.8, 4) is 5.75 Å². The second-order valence-corrected chi connectivity index (χ2v) is 5.80. The molecule has 22 heavy (non-hydrogen) atoms. The highest BCUT2D eigenvalue weighted by Gasteiger charge is 2.25. The Morgan fingerprint density at radius 3 is 2.86 bits per heavy atom. The fraction of sp³-hybridized carbons (Fsp3) is 0.333. The Hall–Kier alpha value is -2.36. The van der Waals surface area contributed by atoms with Crippen LogP contribution in [0.1, 0.15) is 22.3 Å². The highest BCUT2D eigenvalue weighted by molar-refractivity contribution is 5.97. The maximum absolute atomic E-state index is 12.7. The molecule has 4 heteroatoms. The number of pyridine rings is 1. The summed E-state index contributed by atoms with van der Waals surface area (Å²) >= 11 is 0. The van der Waals surface area contributed by atoms with Crippen molar-refractivity contribution in [2.24, 2.45) is 0 Å². The van der Waals surface area contributed by atoms with Gasteiger partial charge in [0, 0.05) is 12.4 Å². The minimum Gasteiger partial charge on any atom is -0.489 e. The van der Waals surface area contributed by atoms with E-state index in [1.807, 2.05) is 37.8 Å². The molecule has 0 N–H and O–H groups in total. The molecule has 0 saturated carbocycles. The quantitative estimate of drug-likeness (QED) is 0.855. The van der Waals surface area contributed by atoms with Gasteiger partial charge in [0.1, 0.15) is 12.4 Å². The van der Waals surface area contributed by atoms with Crippen LogP contribution in [0.5, 0.6) is 5.75 Å². The van der Waals surface area contributed by atoms with E-state index in [0.717, 1.165) is 33.7 Å². The lowest BCUT2D eigenvalue weighted by atomic mass is 10.1. The molecule has 0 unspecified atom stereocenters. The zero-order valence-electron chi connectivity index (χ0n) is 13.2. The highest BCUT2D eigenvalue weighted by Crippen LogP contribution is 2.36. The number of carbonyl (C=O) groups excluding carboxylic acids is 1. The second-order valence-electron chi connectivity index (χ2n) is 5.80. The van der Waals surface area contributed by atoms with Crippen molar-refractivity contribution in [2.45, 2.75) is 27.2 Å². The van der Waals surface area contributed by atoms with Crippen molar-refractivity contribution < 1.29 is 9.53 Å². The Bertz CT molecular complexity index is 725. The number of hydrogen-bond donors (Lipinski definition) is 0. The van der Waals surface area contributed by atoms with Gasteiger partial charge in [-0.25, -0.2) is 0 Å². The predicted molar refractivity (Wildman–Crippen MR) is 86.4 cm³/mol. The number of anilines is 1. The fourth-order valence-corrected chi connectivity index (χ4v) is 2.88. The number of benzene rings is 1. The van der Waals surface area contributed by atoms with Crippen molar-refractivity contribution in [1.29, 1.82) is 0 Å². The van der Waals surface area contributed by atoms with Gasteiger partial charge in [-0.2, -0.15) is 0 Å². The van der Waals surface area contributed by atoms with E-state index in [1.165, 1.54) is 0 Å². The minimum absolute atomic E-state index is 0.0886. The van der Waals surface area contributed by atoms with E-state index in [-0.39, 0.29) is 5.91 Å². The monoisotopic (exact) mass is 296 g/mol. The first-order valence-electron chi connectivity index (χ1n) is 7.50. The van der Waals surface area contributed by atoms with Crippen LogP contribution in [0.25, 0.3) is 0 Å². The van der Waals surface area contributed by atoms with E-state index < -0.39 is 0 Å². The summed E-state index contributed by atoms with van der Waals surface area (Å²) in [5.74, 6) is 0.916. The normalized spacial score (nSPS) is 13.5. The molecule has 4 nitrogen and oxygen atoms in total. The number of fused-ring (bicyclic) bond motifs is 1. The molecular formula is C18H20N2O2. The summed E-state index contributed by atoms with van der Waals surface area (Å²) in [6, 6.07) is 6.04. The third-order valence-electron chi connectivity index (χ3n) is 4.04. The molecule has 114 valence electrons. The Morgan fingerprint density at radius 1 is 1.27 bits per heavy atom. The summed E-state index contributed by atoms with van der Waals surface area (Å²) in [6.45, 7) is 7.19. The SMILES string of the molecule is Cc1cc(C)c2c(c1)N(C(=O)Cc1cnccc1C)CCO2. The van der Waals surface area contributed by atoms with Crippen LogP contribution in [0.15, 0.2) is 30.6 Å². The summed E-state index contributed by atoms with van der Waals surface area (Å²) in [5.41, 5.74) is 5.17. The van der Waals surface area contributed by atoms with E-state index >= 15 is 0 Å². The molecule has 3 rings (SSSR count). The lowest BCUT2D eigenvalue weighted by Gasteiger charge is -2.31. The van der Waals surface area contributed by atoms with Crippen LogP contribution in [-0.4, -0.2) is 24.0 Å². The van der Waals surface area contributed by atoms with Crippen molar-refractivity contribution in [2.75, 3.05) is 18.1 Å². The molecule has 2 aromatic rings. The molecule has 1 amide bonds. The van der Waals surface area contributed by atoms with E-state index in [0.29, 0.717) is 19.6 Å². The lowest BCUT2D eigenvalue weighted by Crippen LogP contribution is -2.39. The molecule has 0 saturated heterocycles. The number of rotatable bonds is 2. The molecule has 0 bridgehead atoms. The highest BCUT2D eigenvalue weighted by atomic mass is 16.5. The Morgan fingerprint density at radius 2 is 2.09 bits per heavy atom. The zero-order valence-corrected chi connectivity index (χ0v) is 13.2. The molecule has 1 aromatic carbocycles. The molecule has 0 radical (unpaired) electrons. The fourth-order valence-electron chi connectivity index (χ4n) is 2.88. The van der Waals surface area contributed by atoms with Gasteiger partial charge in [-0.1, -0.05) is 6.07 Å². The van der Waals surface area contributed by atoms with Crippen LogP contribution < -0.4 is 9.64 Å². The Kier molecular flexibility index (Phi) is 3.84. The van der Waals surface area contributed by atoms with Crippen LogP contribution >= 0.6 is 0 Å². The molecule has 1 aliphatic heterocycles. The van der Waals surface area contributed by atoms with Gasteiger partial charge in [0.15, 0.2) is 0 Å². The first-order chi connectivity index (χ1) is 10.6. The Labute approximate surface area is 130 Å². The molecule has 0 aliphatic carbocycles. The maximum Gasteiger partial charge on any atom is 0.231 e. The van der Waals surface area contributed by atoms with Gasteiger partial charge in [-0.15, -0.1) is 0 Å². The van der Waals surface area contributed by atoms with E-state index in [9.17, 15) is 4.79 Å². The zero-order chi connectivity index (χ0) is 15.7. The van der Waals surface area contributed by atoms with Crippen molar-refractivity contribution in [3.63, 3.8) is 0 Å². The van der Waals surface area contributed by atoms with Crippen molar-refractivity contribution in [1.82, 2.24) is 4.98 Å². The van der Waals surface area contributed by atoms with Gasteiger partial charge in [0.25, 0.3) is 0 Å². The van der Waals surface area contributed by atoms with Gasteiger partial charge in [0.2, 0.25) is 5.91 Å². The van der Waals surface area contributed by atoms with Gasteiger partial charge in [-0.05, 0) is 55.2 Å². The second kappa shape index (κ2) is 5.79. The predicted octanol–water partition coefficient (Wildman–Crippen LogP) is 2.97. The minimum atomic E-state index is 0.0886. The standard InChI is InChI=1S/C18H20N2O2/c1-12-8-14(3)18-16(9-12)20(6-7-22-18)17(21)10-15-11-19-5-4-13(15)2/h4-5,8-9,11H,6-7,10H2,1-3H3. The van der Waals surface area contributed by atoms with Gasteiger partial charge in [0.05, 0.1) is 18.7 Å². The van der Waals surface area contributed by atoms with E-state index in [1.54, 1.807) is 12.4 Å². The largest absolute Gasteiger partial charge is 0.489 e. The van der Waals surface area contributed by atoms with Crippen LogP contribution in [0.3, 0.4) is 0 Å². The first-order valence-corrected chi connectivity index (χ1v) is 7.50. The molecule has 0 atom stereocenters. The first kappa shape index (κ1) is 14.6. The molecule has 1 aliphatic rings. The number of carbonyl (C=O) groups is 1. The summed E-state index contributed by atoms with van der Waals surface area (Å²) in [6.07, 6.45) is 3.89. The number of aryl methyl sites for hydroxylation is 3. The van der Waals surface area contributed by atoms with E-state index in [2.05, 4.69) is 11.1 Å². The summed E-state index contributed by atoms with van der Waals surface area (Å²) in [4.78, 5) is 18.7. The molecule has 0 fully saturated rings. The van der Waals surface area contributed by atoms with Crippen LogP contribution in [-0.2, 0) is 11.2 Å². The molecule has 0 spiro atoms. The summed E-state index contributed by atoms with van der Waals surface area (Å²) in [5, 5.41) is 0. The third kappa shape index (κ3) is 2.69. The molecule has 1 aromatic heterocycles. The number of hydrogen-bond acceptors (Lipinski definition) is 3.